The van der Waals surface area contributed by atoms with Crippen LogP contribution in [0, 0.1) is 11.8 Å². The Morgan fingerprint density at radius 2 is 1.53 bits per heavy atom. The second kappa shape index (κ2) is 8.74. The average molecular weight is 240 g/mol. The van der Waals surface area contributed by atoms with Gasteiger partial charge in [0.25, 0.3) is 0 Å². The highest BCUT2D eigenvalue weighted by Crippen LogP contribution is 2.26. The van der Waals surface area contributed by atoms with Gasteiger partial charge in [0.05, 0.1) is 27.3 Å². The summed E-state index contributed by atoms with van der Waals surface area (Å²) in [6.45, 7) is 7.05. The van der Waals surface area contributed by atoms with Crippen molar-refractivity contribution in [2.75, 3.05) is 21.1 Å². The van der Waals surface area contributed by atoms with Gasteiger partial charge in [-0.25, -0.2) is 0 Å². The van der Waals surface area contributed by atoms with Gasteiger partial charge < -0.3 is 4.48 Å². The van der Waals surface area contributed by atoms with Crippen LogP contribution in [0.15, 0.2) is 12.3 Å². The van der Waals surface area contributed by atoms with Crippen LogP contribution in [0.4, 0.5) is 0 Å². The third-order valence-corrected chi connectivity index (χ3v) is 3.46. The summed E-state index contributed by atoms with van der Waals surface area (Å²) in [7, 11) is 6.62. The molecule has 0 aliphatic carbocycles. The SMILES string of the molecule is CCCC(C)C(CCC)CCC=C[N+](C)(C)C. The maximum absolute atomic E-state index is 2.44. The van der Waals surface area contributed by atoms with Gasteiger partial charge in [-0.15, -0.1) is 0 Å². The van der Waals surface area contributed by atoms with E-state index in [1.165, 1.54) is 38.5 Å². The summed E-state index contributed by atoms with van der Waals surface area (Å²) in [6.07, 6.45) is 12.7. The highest BCUT2D eigenvalue weighted by molar-refractivity contribution is 4.77. The number of quaternary nitrogens is 1. The van der Waals surface area contributed by atoms with Gasteiger partial charge in [-0.1, -0.05) is 46.5 Å². The topological polar surface area (TPSA) is 0 Å². The Balaban J connectivity index is 4.04. The Kier molecular flexibility index (Phi) is 8.59. The van der Waals surface area contributed by atoms with E-state index in [4.69, 9.17) is 0 Å². The van der Waals surface area contributed by atoms with E-state index in [0.717, 1.165) is 16.3 Å². The van der Waals surface area contributed by atoms with E-state index in [2.05, 4.69) is 54.2 Å². The van der Waals surface area contributed by atoms with Crippen LogP contribution in [-0.2, 0) is 0 Å². The maximum Gasteiger partial charge on any atom is 0.0911 e. The van der Waals surface area contributed by atoms with Gasteiger partial charge in [0.2, 0.25) is 0 Å². The fourth-order valence-electron chi connectivity index (χ4n) is 2.48. The smallest absolute Gasteiger partial charge is 0.0911 e. The van der Waals surface area contributed by atoms with Crippen LogP contribution in [0.2, 0.25) is 0 Å². The van der Waals surface area contributed by atoms with E-state index < -0.39 is 0 Å². The molecular formula is C16H34N+. The lowest BCUT2D eigenvalue weighted by molar-refractivity contribution is -0.817. The summed E-state index contributed by atoms with van der Waals surface area (Å²) in [5.74, 6) is 1.83. The van der Waals surface area contributed by atoms with Crippen LogP contribution in [0.1, 0.15) is 59.3 Å². The zero-order chi connectivity index (χ0) is 13.3. The van der Waals surface area contributed by atoms with Gasteiger partial charge in [-0.2, -0.15) is 0 Å². The Bertz CT molecular complexity index is 200. The fraction of sp³-hybridized carbons (Fsp3) is 0.875. The van der Waals surface area contributed by atoms with E-state index in [9.17, 15) is 0 Å². The molecular weight excluding hydrogens is 206 g/mol. The first-order valence-electron chi connectivity index (χ1n) is 7.39. The number of nitrogens with zero attached hydrogens (tertiary/aromatic N) is 1. The lowest BCUT2D eigenvalue weighted by atomic mass is 9.83. The third kappa shape index (κ3) is 9.41. The number of allylic oxidation sites excluding steroid dienone is 1. The molecule has 2 atom stereocenters. The molecule has 0 bridgehead atoms. The van der Waals surface area contributed by atoms with Gasteiger partial charge >= 0.3 is 0 Å². The van der Waals surface area contributed by atoms with Gasteiger partial charge in [-0.3, -0.25) is 0 Å². The summed E-state index contributed by atoms with van der Waals surface area (Å²) in [4.78, 5) is 0. The van der Waals surface area contributed by atoms with E-state index >= 15 is 0 Å². The van der Waals surface area contributed by atoms with Gasteiger partial charge in [0.15, 0.2) is 0 Å². The van der Waals surface area contributed by atoms with E-state index in [0.29, 0.717) is 0 Å². The molecule has 102 valence electrons. The first-order chi connectivity index (χ1) is 7.90. The summed E-state index contributed by atoms with van der Waals surface area (Å²) in [6, 6.07) is 0. The monoisotopic (exact) mass is 240 g/mol. The Morgan fingerprint density at radius 1 is 0.941 bits per heavy atom. The maximum atomic E-state index is 2.44. The van der Waals surface area contributed by atoms with Crippen molar-refractivity contribution >= 4 is 0 Å². The van der Waals surface area contributed by atoms with Crippen molar-refractivity contribution in [3.63, 3.8) is 0 Å². The summed E-state index contributed by atoms with van der Waals surface area (Å²) >= 11 is 0. The summed E-state index contributed by atoms with van der Waals surface area (Å²) in [5.41, 5.74) is 0. The minimum atomic E-state index is 0.900. The molecule has 0 rings (SSSR count). The number of rotatable bonds is 9. The number of hydrogen-bond acceptors (Lipinski definition) is 0. The van der Waals surface area contributed by atoms with Crippen LogP contribution in [0.25, 0.3) is 0 Å². The van der Waals surface area contributed by atoms with Gasteiger partial charge in [0.1, 0.15) is 0 Å². The van der Waals surface area contributed by atoms with Crippen LogP contribution >= 0.6 is 0 Å². The van der Waals surface area contributed by atoms with E-state index in [-0.39, 0.29) is 0 Å². The summed E-state index contributed by atoms with van der Waals surface area (Å²) in [5, 5.41) is 0. The average Bonchev–Trinajstić information content (AvgIpc) is 2.21. The molecule has 0 heterocycles. The highest BCUT2D eigenvalue weighted by Gasteiger charge is 2.14. The lowest BCUT2D eigenvalue weighted by Gasteiger charge is -2.23. The molecule has 0 radical (unpaired) electrons. The van der Waals surface area contributed by atoms with Crippen molar-refractivity contribution in [2.45, 2.75) is 59.3 Å². The predicted octanol–water partition coefficient (Wildman–Crippen LogP) is 4.84. The third-order valence-electron chi connectivity index (χ3n) is 3.46. The van der Waals surface area contributed by atoms with Crippen LogP contribution in [0.3, 0.4) is 0 Å². The minimum absolute atomic E-state index is 0.900. The Labute approximate surface area is 109 Å². The van der Waals surface area contributed by atoms with Gasteiger partial charge in [-0.05, 0) is 30.8 Å². The molecule has 0 aromatic rings. The van der Waals surface area contributed by atoms with Crippen LogP contribution in [0.5, 0.6) is 0 Å². The van der Waals surface area contributed by atoms with Gasteiger partial charge in [0, 0.05) is 0 Å². The largest absolute Gasteiger partial charge is 0.305 e. The van der Waals surface area contributed by atoms with E-state index in [1.807, 2.05) is 0 Å². The minimum Gasteiger partial charge on any atom is -0.305 e. The molecule has 0 N–H and O–H groups in total. The summed E-state index contributed by atoms with van der Waals surface area (Å²) < 4.78 is 0.933. The molecule has 0 saturated heterocycles. The quantitative estimate of drug-likeness (QED) is 0.506. The van der Waals surface area contributed by atoms with E-state index in [1.54, 1.807) is 0 Å². The second-order valence-electron chi connectivity index (χ2n) is 6.39. The molecule has 0 aromatic carbocycles. The molecule has 0 spiro atoms. The molecule has 2 unspecified atom stereocenters. The molecule has 0 amide bonds. The Hall–Kier alpha value is -0.300. The normalized spacial score (nSPS) is 16.4. The molecule has 0 aliphatic heterocycles. The zero-order valence-electron chi connectivity index (χ0n) is 13.0. The molecule has 0 aliphatic rings. The zero-order valence-corrected chi connectivity index (χ0v) is 13.0. The predicted molar refractivity (Wildman–Crippen MR) is 78.9 cm³/mol. The van der Waals surface area contributed by atoms with Crippen molar-refractivity contribution in [3.8, 4) is 0 Å². The van der Waals surface area contributed by atoms with Crippen LogP contribution in [-0.4, -0.2) is 25.6 Å². The lowest BCUT2D eigenvalue weighted by Crippen LogP contribution is -2.26. The van der Waals surface area contributed by atoms with Crippen LogP contribution < -0.4 is 0 Å². The van der Waals surface area contributed by atoms with Crippen molar-refractivity contribution in [1.29, 1.82) is 0 Å². The van der Waals surface area contributed by atoms with Crippen molar-refractivity contribution in [3.05, 3.63) is 12.3 Å². The Morgan fingerprint density at radius 3 is 2.00 bits per heavy atom. The van der Waals surface area contributed by atoms with Crippen molar-refractivity contribution in [2.24, 2.45) is 11.8 Å². The number of hydrogen-bond donors (Lipinski definition) is 0. The molecule has 0 saturated carbocycles. The van der Waals surface area contributed by atoms with Crippen molar-refractivity contribution in [1.82, 2.24) is 0 Å². The van der Waals surface area contributed by atoms with Crippen molar-refractivity contribution < 1.29 is 4.48 Å². The molecule has 1 heteroatoms. The first-order valence-corrected chi connectivity index (χ1v) is 7.39. The fourth-order valence-corrected chi connectivity index (χ4v) is 2.48. The molecule has 17 heavy (non-hydrogen) atoms. The first kappa shape index (κ1) is 16.7. The molecule has 1 nitrogen and oxygen atoms in total. The highest BCUT2D eigenvalue weighted by atomic mass is 15.3. The standard InChI is InChI=1S/C16H34N/c1-7-11-15(3)16(12-8-2)13-9-10-14-17(4,5)6/h10,14-16H,7-9,11-13H2,1-6H3/q+1. The molecule has 0 aromatic heterocycles. The molecule has 0 fully saturated rings. The second-order valence-corrected chi connectivity index (χ2v) is 6.39.